The lowest BCUT2D eigenvalue weighted by molar-refractivity contribution is 0.224. The molecule has 1 aliphatic rings. The second kappa shape index (κ2) is 6.85. The highest BCUT2D eigenvalue weighted by Crippen LogP contribution is 2.33. The van der Waals surface area contributed by atoms with Crippen molar-refractivity contribution in [1.29, 1.82) is 0 Å². The molecule has 0 aromatic carbocycles. The molecule has 2 unspecified atom stereocenters. The number of aryl methyl sites for hydroxylation is 2. The molecule has 0 saturated heterocycles. The maximum absolute atomic E-state index is 4.73. The van der Waals surface area contributed by atoms with E-state index in [2.05, 4.69) is 33.0 Å². The summed E-state index contributed by atoms with van der Waals surface area (Å²) in [4.78, 5) is 6.12. The Morgan fingerprint density at radius 1 is 1.21 bits per heavy atom. The Labute approximate surface area is 122 Å². The van der Waals surface area contributed by atoms with Crippen LogP contribution in [0.2, 0.25) is 0 Å². The zero-order valence-corrected chi connectivity index (χ0v) is 13.6. The normalized spacial score (nSPS) is 24.1. The lowest BCUT2D eigenvalue weighted by Crippen LogP contribution is -2.34. The van der Waals surface area contributed by atoms with E-state index in [9.17, 15) is 0 Å². The van der Waals surface area contributed by atoms with Gasteiger partial charge in [-0.15, -0.1) is 11.3 Å². The van der Waals surface area contributed by atoms with Crippen LogP contribution in [0.25, 0.3) is 0 Å². The van der Waals surface area contributed by atoms with Crippen molar-refractivity contribution in [2.24, 2.45) is 11.8 Å². The lowest BCUT2D eigenvalue weighted by atomic mass is 9.77. The van der Waals surface area contributed by atoms with E-state index >= 15 is 0 Å². The first-order chi connectivity index (χ1) is 9.06. The van der Waals surface area contributed by atoms with Crippen LogP contribution in [0.15, 0.2) is 0 Å². The van der Waals surface area contributed by atoms with Crippen molar-refractivity contribution in [3.8, 4) is 0 Å². The minimum atomic E-state index is 0.604. The van der Waals surface area contributed by atoms with Crippen LogP contribution in [0.1, 0.15) is 55.1 Å². The van der Waals surface area contributed by atoms with Gasteiger partial charge >= 0.3 is 0 Å². The van der Waals surface area contributed by atoms with Gasteiger partial charge in [0.2, 0.25) is 0 Å². The summed E-state index contributed by atoms with van der Waals surface area (Å²) >= 11 is 1.90. The molecule has 2 nitrogen and oxygen atoms in total. The summed E-state index contributed by atoms with van der Waals surface area (Å²) in [6.45, 7) is 9.99. The van der Waals surface area contributed by atoms with Gasteiger partial charge in [0.25, 0.3) is 0 Å². The Morgan fingerprint density at radius 3 is 2.47 bits per heavy atom. The minimum Gasteiger partial charge on any atom is -0.314 e. The number of hydrogen-bond donors (Lipinski definition) is 1. The summed E-state index contributed by atoms with van der Waals surface area (Å²) < 4.78 is 0. The first-order valence-electron chi connectivity index (χ1n) is 7.72. The molecule has 1 N–H and O–H groups in total. The molecule has 108 valence electrons. The fourth-order valence-corrected chi connectivity index (χ4v) is 4.09. The van der Waals surface area contributed by atoms with E-state index in [0.717, 1.165) is 11.8 Å². The van der Waals surface area contributed by atoms with E-state index in [1.165, 1.54) is 54.2 Å². The first kappa shape index (κ1) is 15.0. The third-order valence-electron chi connectivity index (χ3n) is 4.36. The van der Waals surface area contributed by atoms with Gasteiger partial charge < -0.3 is 5.32 Å². The van der Waals surface area contributed by atoms with Crippen molar-refractivity contribution in [3.05, 3.63) is 15.6 Å². The SMILES string of the molecule is Cc1nc(CC2CCCCC2CNC(C)C)sc1C. The van der Waals surface area contributed by atoms with Crippen LogP contribution in [0.4, 0.5) is 0 Å². The molecule has 0 amide bonds. The van der Waals surface area contributed by atoms with Crippen molar-refractivity contribution in [2.45, 2.75) is 65.8 Å². The topological polar surface area (TPSA) is 24.9 Å². The van der Waals surface area contributed by atoms with Gasteiger partial charge in [-0.2, -0.15) is 0 Å². The minimum absolute atomic E-state index is 0.604. The van der Waals surface area contributed by atoms with Gasteiger partial charge in [-0.25, -0.2) is 4.98 Å². The molecule has 0 aliphatic heterocycles. The molecule has 0 bridgehead atoms. The first-order valence-corrected chi connectivity index (χ1v) is 8.54. The summed E-state index contributed by atoms with van der Waals surface area (Å²) in [5.41, 5.74) is 1.23. The van der Waals surface area contributed by atoms with E-state index in [1.807, 2.05) is 11.3 Å². The molecule has 2 rings (SSSR count). The van der Waals surface area contributed by atoms with Gasteiger partial charge in [0.05, 0.1) is 10.7 Å². The summed E-state index contributed by atoms with van der Waals surface area (Å²) in [5, 5.41) is 4.99. The molecule has 19 heavy (non-hydrogen) atoms. The zero-order chi connectivity index (χ0) is 13.8. The van der Waals surface area contributed by atoms with Crippen LogP contribution in [-0.4, -0.2) is 17.6 Å². The predicted molar refractivity (Wildman–Crippen MR) is 83.9 cm³/mol. The average Bonchev–Trinajstić information content (AvgIpc) is 2.67. The van der Waals surface area contributed by atoms with Crippen LogP contribution >= 0.6 is 11.3 Å². The molecule has 1 fully saturated rings. The van der Waals surface area contributed by atoms with Crippen LogP contribution in [-0.2, 0) is 6.42 Å². The Balaban J connectivity index is 1.95. The molecule has 0 radical (unpaired) electrons. The Kier molecular flexibility index (Phi) is 5.40. The number of hydrogen-bond acceptors (Lipinski definition) is 3. The average molecular weight is 280 g/mol. The smallest absolute Gasteiger partial charge is 0.0933 e. The highest BCUT2D eigenvalue weighted by Gasteiger charge is 2.26. The quantitative estimate of drug-likeness (QED) is 0.878. The molecule has 3 heteroatoms. The second-order valence-electron chi connectivity index (χ2n) is 6.32. The number of aromatic nitrogens is 1. The summed E-state index contributed by atoms with van der Waals surface area (Å²) in [5.74, 6) is 1.69. The maximum atomic E-state index is 4.73. The predicted octanol–water partition coefficient (Wildman–Crippen LogP) is 4.11. The standard InChI is InChI=1S/C16H28N2S/c1-11(2)17-10-15-8-6-5-7-14(15)9-16-18-12(3)13(4)19-16/h11,14-15,17H,5-10H2,1-4H3. The van der Waals surface area contributed by atoms with Gasteiger partial charge in [-0.05, 0) is 45.1 Å². The monoisotopic (exact) mass is 280 g/mol. The molecule has 0 spiro atoms. The fraction of sp³-hybridized carbons (Fsp3) is 0.812. The third kappa shape index (κ3) is 4.28. The number of rotatable bonds is 5. The van der Waals surface area contributed by atoms with Crippen LogP contribution in [0, 0.1) is 25.7 Å². The van der Waals surface area contributed by atoms with Crippen molar-refractivity contribution >= 4 is 11.3 Å². The zero-order valence-electron chi connectivity index (χ0n) is 12.8. The second-order valence-corrected chi connectivity index (χ2v) is 7.61. The van der Waals surface area contributed by atoms with Crippen molar-refractivity contribution in [3.63, 3.8) is 0 Å². The van der Waals surface area contributed by atoms with E-state index < -0.39 is 0 Å². The Bertz CT molecular complexity index is 378. The van der Waals surface area contributed by atoms with E-state index in [1.54, 1.807) is 0 Å². The molecule has 1 aromatic heterocycles. The lowest BCUT2D eigenvalue weighted by Gasteiger charge is -2.32. The fourth-order valence-electron chi connectivity index (χ4n) is 3.06. The van der Waals surface area contributed by atoms with Gasteiger partial charge in [0.15, 0.2) is 0 Å². The summed E-state index contributed by atoms with van der Waals surface area (Å²) in [7, 11) is 0. The molecular weight excluding hydrogens is 252 g/mol. The third-order valence-corrected chi connectivity index (χ3v) is 5.46. The van der Waals surface area contributed by atoms with Crippen molar-refractivity contribution in [2.75, 3.05) is 6.54 Å². The molecule has 1 aliphatic carbocycles. The van der Waals surface area contributed by atoms with E-state index in [4.69, 9.17) is 4.98 Å². The van der Waals surface area contributed by atoms with Gasteiger partial charge in [0, 0.05) is 17.3 Å². The van der Waals surface area contributed by atoms with Crippen LogP contribution in [0.5, 0.6) is 0 Å². The number of nitrogens with one attached hydrogen (secondary N) is 1. The highest BCUT2D eigenvalue weighted by atomic mass is 32.1. The van der Waals surface area contributed by atoms with Crippen LogP contribution < -0.4 is 5.32 Å². The Hall–Kier alpha value is -0.410. The molecular formula is C16H28N2S. The van der Waals surface area contributed by atoms with Crippen molar-refractivity contribution in [1.82, 2.24) is 10.3 Å². The van der Waals surface area contributed by atoms with Crippen molar-refractivity contribution < 1.29 is 0 Å². The number of nitrogens with zero attached hydrogens (tertiary/aromatic N) is 1. The Morgan fingerprint density at radius 2 is 1.89 bits per heavy atom. The van der Waals surface area contributed by atoms with E-state index in [0.29, 0.717) is 6.04 Å². The van der Waals surface area contributed by atoms with Gasteiger partial charge in [-0.3, -0.25) is 0 Å². The molecule has 1 aromatic rings. The van der Waals surface area contributed by atoms with Gasteiger partial charge in [0.1, 0.15) is 0 Å². The molecule has 1 heterocycles. The highest BCUT2D eigenvalue weighted by molar-refractivity contribution is 7.11. The molecule has 1 saturated carbocycles. The number of thiazole rings is 1. The molecule has 2 atom stereocenters. The summed E-state index contributed by atoms with van der Waals surface area (Å²) in [6, 6.07) is 0.604. The van der Waals surface area contributed by atoms with Crippen LogP contribution in [0.3, 0.4) is 0 Å². The largest absolute Gasteiger partial charge is 0.314 e. The summed E-state index contributed by atoms with van der Waals surface area (Å²) in [6.07, 6.45) is 6.81. The van der Waals surface area contributed by atoms with E-state index in [-0.39, 0.29) is 0 Å². The maximum Gasteiger partial charge on any atom is 0.0933 e. The van der Waals surface area contributed by atoms with Gasteiger partial charge in [-0.1, -0.05) is 26.7 Å².